The quantitative estimate of drug-likeness (QED) is 0.137. The maximum Gasteiger partial charge on any atom is 0.143 e. The fraction of sp³-hybridized carbons (Fsp3) is 0. The molecule has 0 bridgehead atoms. The molecule has 0 atom stereocenters. The monoisotopic (exact) mass is 896 g/mol. The minimum atomic E-state index is 0.885. The number of benzene rings is 11. The van der Waals surface area contributed by atoms with E-state index in [1.54, 1.807) is 0 Å². The maximum atomic E-state index is 6.47. The second-order valence-corrected chi connectivity index (χ2v) is 17.7. The summed E-state index contributed by atoms with van der Waals surface area (Å²) in [6, 6.07) is 94.8. The molecule has 330 valence electrons. The number of hydrogen-bond acceptors (Lipinski definition) is 4. The molecule has 0 aliphatic rings. The predicted octanol–water partition coefficient (Wildman–Crippen LogP) is 19.1. The summed E-state index contributed by atoms with van der Waals surface area (Å²) in [5, 5.41) is 4.49. The number of nitrogens with zero attached hydrogens (tertiary/aromatic N) is 2. The minimum Gasteiger partial charge on any atom is -0.456 e. The molecule has 2 heterocycles. The van der Waals surface area contributed by atoms with Gasteiger partial charge in [-0.3, -0.25) is 0 Å². The number of hydrogen-bond donors (Lipinski definition) is 0. The first-order valence-electron chi connectivity index (χ1n) is 23.7. The largest absolute Gasteiger partial charge is 0.456 e. The van der Waals surface area contributed by atoms with Crippen molar-refractivity contribution in [1.82, 2.24) is 0 Å². The third kappa shape index (κ3) is 7.45. The van der Waals surface area contributed by atoms with Gasteiger partial charge in [-0.25, -0.2) is 0 Å². The van der Waals surface area contributed by atoms with Crippen LogP contribution in [-0.2, 0) is 0 Å². The Morgan fingerprint density at radius 3 is 1.06 bits per heavy atom. The fourth-order valence-corrected chi connectivity index (χ4v) is 9.99. The van der Waals surface area contributed by atoms with Crippen molar-refractivity contribution in [1.29, 1.82) is 0 Å². The highest BCUT2D eigenvalue weighted by Gasteiger charge is 2.19. The first kappa shape index (κ1) is 40.9. The topological polar surface area (TPSA) is 32.8 Å². The van der Waals surface area contributed by atoms with E-state index < -0.39 is 0 Å². The predicted molar refractivity (Wildman–Crippen MR) is 292 cm³/mol. The Hall–Kier alpha value is -9.38. The SMILES string of the molecule is c1ccc(-c2ccc(N(c3ccc(-c4ccccc4)cc3)c3ccc(N(c4ccc(-c5ccc6c(c5)oc5ccccc56)cc4)c4ccc(-c5cccc6c5oc5ccccc56)cc4)cc3)cc2)cc1. The lowest BCUT2D eigenvalue weighted by molar-refractivity contribution is 0.669. The van der Waals surface area contributed by atoms with Gasteiger partial charge >= 0.3 is 0 Å². The van der Waals surface area contributed by atoms with Crippen molar-refractivity contribution < 1.29 is 8.83 Å². The summed E-state index contributed by atoms with van der Waals surface area (Å²) >= 11 is 0. The summed E-state index contributed by atoms with van der Waals surface area (Å²) in [7, 11) is 0. The second kappa shape index (κ2) is 17.4. The van der Waals surface area contributed by atoms with Crippen molar-refractivity contribution in [2.24, 2.45) is 0 Å². The van der Waals surface area contributed by atoms with Crippen LogP contribution in [0.2, 0.25) is 0 Å². The molecule has 70 heavy (non-hydrogen) atoms. The van der Waals surface area contributed by atoms with E-state index in [4.69, 9.17) is 8.83 Å². The van der Waals surface area contributed by atoms with E-state index in [0.717, 1.165) is 100 Å². The Morgan fingerprint density at radius 1 is 0.214 bits per heavy atom. The fourth-order valence-electron chi connectivity index (χ4n) is 9.99. The lowest BCUT2D eigenvalue weighted by atomic mass is 10.0. The number of fused-ring (bicyclic) bond motifs is 6. The molecular formula is C66H44N2O2. The van der Waals surface area contributed by atoms with Gasteiger partial charge in [-0.2, -0.15) is 0 Å². The van der Waals surface area contributed by atoms with Gasteiger partial charge in [0.15, 0.2) is 0 Å². The smallest absolute Gasteiger partial charge is 0.143 e. The van der Waals surface area contributed by atoms with Crippen LogP contribution < -0.4 is 9.80 Å². The average molecular weight is 897 g/mol. The van der Waals surface area contributed by atoms with Crippen molar-refractivity contribution in [3.8, 4) is 44.5 Å². The molecule has 2 aromatic heterocycles. The molecule has 0 aliphatic carbocycles. The van der Waals surface area contributed by atoms with Crippen LogP contribution in [0.15, 0.2) is 276 Å². The number of rotatable bonds is 10. The number of anilines is 6. The van der Waals surface area contributed by atoms with Crippen molar-refractivity contribution in [2.45, 2.75) is 0 Å². The molecule has 11 aromatic carbocycles. The highest BCUT2D eigenvalue weighted by molar-refractivity contribution is 6.10. The molecule has 0 unspecified atom stereocenters. The first-order chi connectivity index (χ1) is 34.7. The van der Waals surface area contributed by atoms with E-state index in [2.05, 4.69) is 252 Å². The molecule has 13 aromatic rings. The highest BCUT2D eigenvalue weighted by Crippen LogP contribution is 2.43. The standard InChI is InChI=1S/C66H44N2O2/c1-3-12-45(13-4-1)47-22-31-52(32-23-47)67(53-33-24-48(25-34-53)46-14-5-2-6-15-46)56-39-41-57(42-40-56)68(54-35-26-49(27-36-54)51-30-43-61-59-16-7-9-20-63(59)69-65(61)44-51)55-37-28-50(29-38-55)58-18-11-19-62-60-17-8-10-21-64(60)70-66(58)62/h1-44H. The van der Waals surface area contributed by atoms with Crippen LogP contribution in [0.1, 0.15) is 0 Å². The van der Waals surface area contributed by atoms with Crippen molar-refractivity contribution in [3.05, 3.63) is 267 Å². The van der Waals surface area contributed by atoms with Crippen molar-refractivity contribution >= 4 is 78.0 Å². The van der Waals surface area contributed by atoms with Crippen LogP contribution in [0.25, 0.3) is 88.4 Å². The van der Waals surface area contributed by atoms with Crippen LogP contribution in [0.3, 0.4) is 0 Å². The zero-order valence-corrected chi connectivity index (χ0v) is 38.1. The van der Waals surface area contributed by atoms with Gasteiger partial charge in [-0.1, -0.05) is 170 Å². The summed E-state index contributed by atoms with van der Waals surface area (Å²) in [4.78, 5) is 4.66. The molecule has 0 spiro atoms. The van der Waals surface area contributed by atoms with Gasteiger partial charge in [0, 0.05) is 61.2 Å². The van der Waals surface area contributed by atoms with E-state index in [0.29, 0.717) is 0 Å². The molecule has 0 N–H and O–H groups in total. The summed E-state index contributed by atoms with van der Waals surface area (Å²) in [6.45, 7) is 0. The van der Waals surface area contributed by atoms with Crippen LogP contribution in [0.4, 0.5) is 34.1 Å². The molecule has 4 nitrogen and oxygen atoms in total. The molecule has 0 saturated heterocycles. The van der Waals surface area contributed by atoms with E-state index in [9.17, 15) is 0 Å². The molecule has 0 aliphatic heterocycles. The zero-order chi connectivity index (χ0) is 46.4. The average Bonchev–Trinajstić information content (AvgIpc) is 4.01. The third-order valence-corrected chi connectivity index (χ3v) is 13.5. The number of para-hydroxylation sites is 3. The van der Waals surface area contributed by atoms with Crippen LogP contribution in [-0.4, -0.2) is 0 Å². The highest BCUT2D eigenvalue weighted by atomic mass is 16.3. The number of furan rings is 2. The van der Waals surface area contributed by atoms with Gasteiger partial charge in [0.1, 0.15) is 22.3 Å². The summed E-state index contributed by atoms with van der Waals surface area (Å²) in [5.74, 6) is 0. The van der Waals surface area contributed by atoms with Gasteiger partial charge in [-0.15, -0.1) is 0 Å². The third-order valence-electron chi connectivity index (χ3n) is 13.5. The van der Waals surface area contributed by atoms with Crippen LogP contribution in [0.5, 0.6) is 0 Å². The molecule has 13 rings (SSSR count). The van der Waals surface area contributed by atoms with E-state index in [-0.39, 0.29) is 0 Å². The Labute approximate surface area is 406 Å². The summed E-state index contributed by atoms with van der Waals surface area (Å²) in [5.41, 5.74) is 19.0. The van der Waals surface area contributed by atoms with E-state index in [1.165, 1.54) is 22.3 Å². The molecule has 0 saturated carbocycles. The minimum absolute atomic E-state index is 0.885. The van der Waals surface area contributed by atoms with Crippen LogP contribution in [0, 0.1) is 0 Å². The molecule has 0 radical (unpaired) electrons. The van der Waals surface area contributed by atoms with E-state index >= 15 is 0 Å². The molecule has 4 heteroatoms. The lowest BCUT2D eigenvalue weighted by Gasteiger charge is -2.29. The first-order valence-corrected chi connectivity index (χ1v) is 23.7. The normalized spacial score (nSPS) is 11.4. The van der Waals surface area contributed by atoms with Gasteiger partial charge < -0.3 is 18.6 Å². The van der Waals surface area contributed by atoms with Gasteiger partial charge in [0.2, 0.25) is 0 Å². The van der Waals surface area contributed by atoms with Gasteiger partial charge in [-0.05, 0) is 136 Å². The van der Waals surface area contributed by atoms with Crippen molar-refractivity contribution in [2.75, 3.05) is 9.80 Å². The molecular weight excluding hydrogens is 853 g/mol. The maximum absolute atomic E-state index is 6.47. The van der Waals surface area contributed by atoms with Gasteiger partial charge in [0.05, 0.1) is 0 Å². The van der Waals surface area contributed by atoms with E-state index in [1.807, 2.05) is 24.3 Å². The zero-order valence-electron chi connectivity index (χ0n) is 38.1. The van der Waals surface area contributed by atoms with Gasteiger partial charge in [0.25, 0.3) is 0 Å². The lowest BCUT2D eigenvalue weighted by Crippen LogP contribution is -2.12. The summed E-state index contributed by atoms with van der Waals surface area (Å²) in [6.07, 6.45) is 0. The summed E-state index contributed by atoms with van der Waals surface area (Å²) < 4.78 is 12.8. The molecule has 0 amide bonds. The Balaban J connectivity index is 0.887. The van der Waals surface area contributed by atoms with Crippen molar-refractivity contribution in [3.63, 3.8) is 0 Å². The molecule has 0 fully saturated rings. The second-order valence-electron chi connectivity index (χ2n) is 17.7. The Morgan fingerprint density at radius 2 is 0.557 bits per heavy atom. The Kier molecular flexibility index (Phi) is 10.1. The van der Waals surface area contributed by atoms with Crippen LogP contribution >= 0.6 is 0 Å². The Bertz CT molecular complexity index is 3870.